The summed E-state index contributed by atoms with van der Waals surface area (Å²) in [4.78, 5) is 31.9. The minimum Gasteiger partial charge on any atom is -0.478 e. The third-order valence-electron chi connectivity index (χ3n) is 7.36. The normalized spacial score (nSPS) is 17.2. The Morgan fingerprint density at radius 1 is 1.14 bits per heavy atom. The van der Waals surface area contributed by atoms with Gasteiger partial charge in [-0.05, 0) is 65.6 Å². The van der Waals surface area contributed by atoms with Crippen LogP contribution >= 0.6 is 0 Å². The summed E-state index contributed by atoms with van der Waals surface area (Å²) in [6.07, 6.45) is 2.66. The van der Waals surface area contributed by atoms with E-state index in [0.29, 0.717) is 43.0 Å². The monoisotopic (exact) mass is 504 g/mol. The van der Waals surface area contributed by atoms with E-state index in [1.807, 2.05) is 25.1 Å². The van der Waals surface area contributed by atoms with Gasteiger partial charge in [0.15, 0.2) is 0 Å². The van der Waals surface area contributed by atoms with Crippen molar-refractivity contribution in [2.45, 2.75) is 38.6 Å². The van der Waals surface area contributed by atoms with Gasteiger partial charge in [0.25, 0.3) is 0 Å². The molecule has 0 atom stereocenters. The molecule has 1 amide bonds. The standard InChI is InChI=1S/C28H29FN4O4/c1-18-12-24(20-4-7-25(30)31-15-20)22(13-21(18)14-29)16-32-10-8-28(9-11-32)17-33(27(36)37-28)23-5-2-19(3-6-23)26(34)35/h2-7,12-13,15H,8-11,14,16-17H2,1H3,(H2,30,31)(H,34,35). The van der Waals surface area contributed by atoms with Gasteiger partial charge in [-0.15, -0.1) is 0 Å². The van der Waals surface area contributed by atoms with Gasteiger partial charge < -0.3 is 15.6 Å². The van der Waals surface area contributed by atoms with Crippen LogP contribution in [0.4, 0.5) is 20.7 Å². The van der Waals surface area contributed by atoms with Crippen LogP contribution in [0.3, 0.4) is 0 Å². The van der Waals surface area contributed by atoms with Crippen LogP contribution in [-0.4, -0.2) is 52.3 Å². The second-order valence-corrected chi connectivity index (χ2v) is 9.81. The van der Waals surface area contributed by atoms with Crippen LogP contribution in [0.1, 0.15) is 39.9 Å². The minimum absolute atomic E-state index is 0.167. The number of likely N-dealkylation sites (tertiary alicyclic amines) is 1. The zero-order valence-electron chi connectivity index (χ0n) is 20.6. The zero-order chi connectivity index (χ0) is 26.2. The van der Waals surface area contributed by atoms with Gasteiger partial charge in [-0.2, -0.15) is 0 Å². The highest BCUT2D eigenvalue weighted by Crippen LogP contribution is 2.37. The lowest BCUT2D eigenvalue weighted by Crippen LogP contribution is -2.46. The summed E-state index contributed by atoms with van der Waals surface area (Å²) in [5, 5.41) is 9.12. The molecule has 0 saturated carbocycles. The number of aromatic nitrogens is 1. The van der Waals surface area contributed by atoms with Crippen molar-refractivity contribution in [3.63, 3.8) is 0 Å². The first-order valence-corrected chi connectivity index (χ1v) is 12.2. The lowest BCUT2D eigenvalue weighted by Gasteiger charge is -2.37. The number of nitrogens with zero attached hydrogens (tertiary/aromatic N) is 3. The molecule has 9 heteroatoms. The van der Waals surface area contributed by atoms with Crippen molar-refractivity contribution in [1.82, 2.24) is 9.88 Å². The van der Waals surface area contributed by atoms with E-state index in [1.165, 1.54) is 12.1 Å². The first-order valence-electron chi connectivity index (χ1n) is 12.2. The lowest BCUT2D eigenvalue weighted by molar-refractivity contribution is -0.000948. The van der Waals surface area contributed by atoms with E-state index in [4.69, 9.17) is 15.6 Å². The molecule has 0 bridgehead atoms. The van der Waals surface area contributed by atoms with Gasteiger partial charge in [0.2, 0.25) is 0 Å². The summed E-state index contributed by atoms with van der Waals surface area (Å²) >= 11 is 0. The Labute approximate surface area is 214 Å². The molecule has 3 aromatic rings. The van der Waals surface area contributed by atoms with E-state index in [-0.39, 0.29) is 5.56 Å². The number of aryl methyl sites for hydroxylation is 1. The number of carboxylic acids is 1. The van der Waals surface area contributed by atoms with Crippen molar-refractivity contribution < 1.29 is 23.8 Å². The molecule has 0 unspecified atom stereocenters. The van der Waals surface area contributed by atoms with Crippen LogP contribution in [0, 0.1) is 6.92 Å². The summed E-state index contributed by atoms with van der Waals surface area (Å²) in [6.45, 7) is 3.88. The number of anilines is 2. The van der Waals surface area contributed by atoms with Gasteiger partial charge in [0, 0.05) is 49.9 Å². The number of hydrogen-bond donors (Lipinski definition) is 2. The molecule has 2 fully saturated rings. The van der Waals surface area contributed by atoms with Crippen LogP contribution in [0.5, 0.6) is 0 Å². The van der Waals surface area contributed by atoms with E-state index in [9.17, 15) is 14.0 Å². The van der Waals surface area contributed by atoms with Crippen molar-refractivity contribution in [2.75, 3.05) is 30.3 Å². The van der Waals surface area contributed by atoms with Gasteiger partial charge in [-0.25, -0.2) is 19.0 Å². The number of rotatable bonds is 6. The van der Waals surface area contributed by atoms with Gasteiger partial charge >= 0.3 is 12.1 Å². The van der Waals surface area contributed by atoms with Crippen LogP contribution in [0.15, 0.2) is 54.7 Å². The molecule has 2 aromatic carbocycles. The predicted molar refractivity (Wildman–Crippen MR) is 138 cm³/mol. The van der Waals surface area contributed by atoms with Gasteiger partial charge in [-0.1, -0.05) is 12.1 Å². The van der Waals surface area contributed by atoms with Crippen LogP contribution in [-0.2, 0) is 18.0 Å². The SMILES string of the molecule is Cc1cc(-c2ccc(N)nc2)c(CN2CCC3(CC2)CN(c2ccc(C(=O)O)cc2)C(=O)O3)cc1CF. The molecule has 192 valence electrons. The Morgan fingerprint density at radius 2 is 1.86 bits per heavy atom. The number of alkyl halides is 1. The largest absolute Gasteiger partial charge is 0.478 e. The number of nitrogen functional groups attached to an aromatic ring is 1. The van der Waals surface area contributed by atoms with Gasteiger partial charge in [-0.3, -0.25) is 9.80 Å². The van der Waals surface area contributed by atoms with Crippen molar-refractivity contribution >= 4 is 23.6 Å². The van der Waals surface area contributed by atoms with Crippen LogP contribution in [0.25, 0.3) is 11.1 Å². The number of hydrogen-bond acceptors (Lipinski definition) is 6. The quantitative estimate of drug-likeness (QED) is 0.496. The van der Waals surface area contributed by atoms with Crippen LogP contribution in [0.2, 0.25) is 0 Å². The van der Waals surface area contributed by atoms with Crippen molar-refractivity contribution in [3.05, 3.63) is 77.0 Å². The number of pyridine rings is 1. The Balaban J connectivity index is 1.30. The summed E-state index contributed by atoms with van der Waals surface area (Å²) in [7, 11) is 0. The minimum atomic E-state index is -1.01. The molecule has 1 aromatic heterocycles. The fraction of sp³-hybridized carbons (Fsp3) is 0.321. The summed E-state index contributed by atoms with van der Waals surface area (Å²) in [5.74, 6) is -0.566. The van der Waals surface area contributed by atoms with E-state index in [0.717, 1.165) is 35.3 Å². The molecule has 0 aliphatic carbocycles. The molecule has 3 heterocycles. The predicted octanol–water partition coefficient (Wildman–Crippen LogP) is 4.80. The number of carboxylic acid groups (broad SMARTS) is 1. The Hall–Kier alpha value is -3.98. The fourth-order valence-electron chi connectivity index (χ4n) is 5.14. The van der Waals surface area contributed by atoms with E-state index >= 15 is 0 Å². The molecule has 2 aliphatic rings. The van der Waals surface area contributed by atoms with Crippen molar-refractivity contribution in [1.29, 1.82) is 0 Å². The third-order valence-corrected chi connectivity index (χ3v) is 7.36. The molecular formula is C28H29FN4O4. The summed E-state index contributed by atoms with van der Waals surface area (Å²) in [5.41, 5.74) is 10.5. The average molecular weight is 505 g/mol. The smallest absolute Gasteiger partial charge is 0.415 e. The second-order valence-electron chi connectivity index (χ2n) is 9.81. The second kappa shape index (κ2) is 9.82. The number of halogens is 1. The van der Waals surface area contributed by atoms with E-state index in [1.54, 1.807) is 29.3 Å². The van der Waals surface area contributed by atoms with Crippen molar-refractivity contribution in [3.8, 4) is 11.1 Å². The molecule has 37 heavy (non-hydrogen) atoms. The van der Waals surface area contributed by atoms with E-state index < -0.39 is 24.3 Å². The number of ether oxygens (including phenoxy) is 1. The maximum absolute atomic E-state index is 13.7. The number of benzene rings is 2. The zero-order valence-corrected chi connectivity index (χ0v) is 20.6. The summed E-state index contributed by atoms with van der Waals surface area (Å²) in [6, 6.07) is 13.9. The molecule has 2 saturated heterocycles. The first kappa shape index (κ1) is 24.7. The number of amides is 1. The third kappa shape index (κ3) is 4.99. The molecule has 8 nitrogen and oxygen atoms in total. The van der Waals surface area contributed by atoms with Crippen molar-refractivity contribution in [2.24, 2.45) is 0 Å². The summed E-state index contributed by atoms with van der Waals surface area (Å²) < 4.78 is 19.5. The number of carbonyl (C=O) groups excluding carboxylic acids is 1. The molecule has 5 rings (SSSR count). The number of carbonyl (C=O) groups is 2. The number of aromatic carboxylic acids is 1. The van der Waals surface area contributed by atoms with Crippen LogP contribution < -0.4 is 10.6 Å². The maximum Gasteiger partial charge on any atom is 0.415 e. The maximum atomic E-state index is 13.7. The Kier molecular flexibility index (Phi) is 6.55. The molecule has 0 radical (unpaired) electrons. The fourth-order valence-corrected chi connectivity index (χ4v) is 5.14. The highest BCUT2D eigenvalue weighted by Gasteiger charge is 2.47. The highest BCUT2D eigenvalue weighted by atomic mass is 19.1. The Morgan fingerprint density at radius 3 is 2.49 bits per heavy atom. The van der Waals surface area contributed by atoms with Gasteiger partial charge in [0.1, 0.15) is 18.1 Å². The first-order chi connectivity index (χ1) is 17.8. The molecule has 2 aliphatic heterocycles. The average Bonchev–Trinajstić information content (AvgIpc) is 3.22. The van der Waals surface area contributed by atoms with Gasteiger partial charge in [0.05, 0.1) is 12.1 Å². The van der Waals surface area contributed by atoms with E-state index in [2.05, 4.69) is 9.88 Å². The number of nitrogens with two attached hydrogens (primary N) is 1. The topological polar surface area (TPSA) is 109 Å². The molecule has 3 N–H and O–H groups in total. The number of piperidine rings is 1. The highest BCUT2D eigenvalue weighted by molar-refractivity contribution is 5.92. The molecule has 1 spiro atoms. The molecular weight excluding hydrogens is 475 g/mol. The Bertz CT molecular complexity index is 1320. The lowest BCUT2D eigenvalue weighted by atomic mass is 9.90.